The van der Waals surface area contributed by atoms with Crippen LogP contribution >= 0.6 is 11.6 Å². The molecule has 0 aliphatic carbocycles. The number of carbonyl (C=O) groups excluding carboxylic acids is 2. The molecule has 2 aromatic carbocycles. The second-order valence-electron chi connectivity index (χ2n) is 6.21. The summed E-state index contributed by atoms with van der Waals surface area (Å²) in [6.45, 7) is 1.44. The Morgan fingerprint density at radius 1 is 1.04 bits per heavy atom. The molecule has 0 aliphatic rings. The lowest BCUT2D eigenvalue weighted by Crippen LogP contribution is -2.37. The summed E-state index contributed by atoms with van der Waals surface area (Å²) in [4.78, 5) is 26.3. The summed E-state index contributed by atoms with van der Waals surface area (Å²) >= 11 is 6.04. The van der Waals surface area contributed by atoms with Crippen LogP contribution in [0.3, 0.4) is 0 Å². The summed E-state index contributed by atoms with van der Waals surface area (Å²) in [5.74, 6) is -1.32. The van der Waals surface area contributed by atoms with Crippen molar-refractivity contribution in [3.8, 4) is 0 Å². The summed E-state index contributed by atoms with van der Waals surface area (Å²) in [5.41, 5.74) is 0.513. The van der Waals surface area contributed by atoms with Crippen molar-refractivity contribution in [2.24, 2.45) is 0 Å². The molecule has 0 aliphatic heterocycles. The molecule has 0 N–H and O–H groups in total. The highest BCUT2D eigenvalue weighted by atomic mass is 35.5. The topological polar surface area (TPSA) is 84.0 Å². The minimum Gasteiger partial charge on any atom is -0.449 e. The Hall–Kier alpha value is -2.42. The number of likely N-dealkylation sites (N-methyl/N-ethyl adjacent to an activating group) is 1. The number of benzene rings is 2. The van der Waals surface area contributed by atoms with Gasteiger partial charge < -0.3 is 9.64 Å². The monoisotopic (exact) mass is 424 g/mol. The molecular formula is C19H21ClN2O5S. The van der Waals surface area contributed by atoms with Crippen molar-refractivity contribution in [1.29, 1.82) is 0 Å². The zero-order chi connectivity index (χ0) is 21.1. The van der Waals surface area contributed by atoms with Gasteiger partial charge in [-0.2, -0.15) is 0 Å². The van der Waals surface area contributed by atoms with Gasteiger partial charge in [0, 0.05) is 26.8 Å². The molecule has 0 heterocycles. The molecule has 0 aromatic heterocycles. The van der Waals surface area contributed by atoms with E-state index in [1.165, 1.54) is 38.1 Å². The third-order valence-corrected chi connectivity index (χ3v) is 6.18. The van der Waals surface area contributed by atoms with Crippen LogP contribution in [0.15, 0.2) is 53.4 Å². The third-order valence-electron chi connectivity index (χ3n) is 4.04. The Kier molecular flexibility index (Phi) is 6.82. The molecule has 150 valence electrons. The molecular weight excluding hydrogens is 404 g/mol. The number of nitrogens with zero attached hydrogens (tertiary/aromatic N) is 2. The molecule has 0 spiro atoms. The third kappa shape index (κ3) is 4.70. The van der Waals surface area contributed by atoms with Crippen molar-refractivity contribution >= 4 is 39.2 Å². The standard InChI is InChI=1S/C19H21ClN2O5S/c1-13(18(23)22(4)14-8-6-5-7-9-14)27-19(24)16-12-15(10-11-17(16)20)28(25,26)21(2)3/h5-13H,1-4H3. The van der Waals surface area contributed by atoms with E-state index in [-0.39, 0.29) is 15.5 Å². The van der Waals surface area contributed by atoms with E-state index in [0.29, 0.717) is 5.69 Å². The number of esters is 1. The first kappa shape index (κ1) is 21.9. The van der Waals surface area contributed by atoms with Crippen molar-refractivity contribution < 1.29 is 22.7 Å². The van der Waals surface area contributed by atoms with Gasteiger partial charge in [0.1, 0.15) is 0 Å². The highest BCUT2D eigenvalue weighted by Crippen LogP contribution is 2.23. The van der Waals surface area contributed by atoms with Crippen LogP contribution in [0, 0.1) is 0 Å². The van der Waals surface area contributed by atoms with Crippen molar-refractivity contribution in [3.63, 3.8) is 0 Å². The van der Waals surface area contributed by atoms with E-state index in [1.807, 2.05) is 6.07 Å². The molecule has 0 radical (unpaired) electrons. The second kappa shape index (κ2) is 8.72. The van der Waals surface area contributed by atoms with Crippen LogP contribution < -0.4 is 4.90 Å². The fraction of sp³-hybridized carbons (Fsp3) is 0.263. The van der Waals surface area contributed by atoms with Gasteiger partial charge in [0.05, 0.1) is 15.5 Å². The molecule has 1 unspecified atom stereocenters. The Labute approximate surface area is 169 Å². The van der Waals surface area contributed by atoms with Crippen LogP contribution in [0.2, 0.25) is 5.02 Å². The number of rotatable bonds is 6. The van der Waals surface area contributed by atoms with Crippen LogP contribution in [0.5, 0.6) is 0 Å². The number of para-hydroxylation sites is 1. The molecule has 7 nitrogen and oxygen atoms in total. The number of amides is 1. The summed E-state index contributed by atoms with van der Waals surface area (Å²) in [6.07, 6.45) is -1.09. The van der Waals surface area contributed by atoms with Gasteiger partial charge in [-0.3, -0.25) is 4.79 Å². The van der Waals surface area contributed by atoms with E-state index in [0.717, 1.165) is 10.4 Å². The molecule has 28 heavy (non-hydrogen) atoms. The second-order valence-corrected chi connectivity index (χ2v) is 8.77. The number of anilines is 1. The number of ether oxygens (including phenoxy) is 1. The van der Waals surface area contributed by atoms with Crippen molar-refractivity contribution in [1.82, 2.24) is 4.31 Å². The summed E-state index contributed by atoms with van der Waals surface area (Å²) in [7, 11) is 0.571. The van der Waals surface area contributed by atoms with Gasteiger partial charge in [-0.25, -0.2) is 17.5 Å². The molecule has 0 bridgehead atoms. The Morgan fingerprint density at radius 2 is 1.64 bits per heavy atom. The number of sulfonamides is 1. The summed E-state index contributed by atoms with van der Waals surface area (Å²) in [6, 6.07) is 12.6. The van der Waals surface area contributed by atoms with Crippen molar-refractivity contribution in [2.75, 3.05) is 26.0 Å². The first-order chi connectivity index (χ1) is 13.1. The maximum Gasteiger partial charge on any atom is 0.340 e. The van der Waals surface area contributed by atoms with E-state index in [2.05, 4.69) is 0 Å². The molecule has 0 fully saturated rings. The smallest absolute Gasteiger partial charge is 0.340 e. The average Bonchev–Trinajstić information content (AvgIpc) is 2.67. The summed E-state index contributed by atoms with van der Waals surface area (Å²) in [5, 5.41) is 0.0266. The largest absolute Gasteiger partial charge is 0.449 e. The number of hydrogen-bond donors (Lipinski definition) is 0. The highest BCUT2D eigenvalue weighted by Gasteiger charge is 2.26. The summed E-state index contributed by atoms with van der Waals surface area (Å²) < 4.78 is 30.8. The van der Waals surface area contributed by atoms with E-state index in [9.17, 15) is 18.0 Å². The average molecular weight is 425 g/mol. The maximum absolute atomic E-state index is 12.5. The number of halogens is 1. The fourth-order valence-corrected chi connectivity index (χ4v) is 3.48. The minimum absolute atomic E-state index is 0.0266. The highest BCUT2D eigenvalue weighted by molar-refractivity contribution is 7.89. The lowest BCUT2D eigenvalue weighted by Gasteiger charge is -2.21. The molecule has 0 saturated carbocycles. The van der Waals surface area contributed by atoms with Crippen LogP contribution in [-0.4, -0.2) is 51.8 Å². The van der Waals surface area contributed by atoms with Gasteiger partial charge in [-0.05, 0) is 37.3 Å². The first-order valence-corrected chi connectivity index (χ1v) is 10.1. The zero-order valence-corrected chi connectivity index (χ0v) is 17.5. The first-order valence-electron chi connectivity index (χ1n) is 8.31. The van der Waals surface area contributed by atoms with Crippen molar-refractivity contribution in [2.45, 2.75) is 17.9 Å². The SMILES string of the molecule is CC(OC(=O)c1cc(S(=O)(=O)N(C)C)ccc1Cl)C(=O)N(C)c1ccccc1. The molecule has 1 atom stereocenters. The van der Waals surface area contributed by atoms with Crippen LogP contribution in [-0.2, 0) is 19.6 Å². The van der Waals surface area contributed by atoms with Crippen LogP contribution in [0.1, 0.15) is 17.3 Å². The van der Waals surface area contributed by atoms with Crippen LogP contribution in [0.25, 0.3) is 0 Å². The van der Waals surface area contributed by atoms with Gasteiger partial charge in [-0.1, -0.05) is 29.8 Å². The van der Waals surface area contributed by atoms with Crippen LogP contribution in [0.4, 0.5) is 5.69 Å². The van der Waals surface area contributed by atoms with Gasteiger partial charge in [0.25, 0.3) is 5.91 Å². The van der Waals surface area contributed by atoms with E-state index >= 15 is 0 Å². The molecule has 9 heteroatoms. The van der Waals surface area contributed by atoms with Gasteiger partial charge in [-0.15, -0.1) is 0 Å². The normalized spacial score (nSPS) is 12.5. The Balaban J connectivity index is 2.21. The minimum atomic E-state index is -3.75. The number of hydrogen-bond acceptors (Lipinski definition) is 5. The van der Waals surface area contributed by atoms with E-state index in [1.54, 1.807) is 31.3 Å². The number of carbonyl (C=O) groups is 2. The van der Waals surface area contributed by atoms with Gasteiger partial charge in [0.2, 0.25) is 10.0 Å². The zero-order valence-electron chi connectivity index (χ0n) is 15.9. The lowest BCUT2D eigenvalue weighted by molar-refractivity contribution is -0.126. The van der Waals surface area contributed by atoms with E-state index in [4.69, 9.17) is 16.3 Å². The van der Waals surface area contributed by atoms with Gasteiger partial charge in [0.15, 0.2) is 6.10 Å². The molecule has 2 rings (SSSR count). The predicted octanol–water partition coefficient (Wildman–Crippen LogP) is 2.80. The van der Waals surface area contributed by atoms with Crippen molar-refractivity contribution in [3.05, 3.63) is 59.1 Å². The molecule has 0 saturated heterocycles. The molecule has 1 amide bonds. The maximum atomic E-state index is 12.5. The Morgan fingerprint density at radius 3 is 2.21 bits per heavy atom. The predicted molar refractivity (Wildman–Crippen MR) is 107 cm³/mol. The quantitative estimate of drug-likeness (QED) is 0.666. The van der Waals surface area contributed by atoms with E-state index < -0.39 is 28.0 Å². The fourth-order valence-electron chi connectivity index (χ4n) is 2.36. The lowest BCUT2D eigenvalue weighted by atomic mass is 10.2. The molecule has 2 aromatic rings. The Bertz CT molecular complexity index is 977. The van der Waals surface area contributed by atoms with Gasteiger partial charge >= 0.3 is 5.97 Å².